The Labute approximate surface area is 191 Å². The topological polar surface area (TPSA) is 119 Å². The van der Waals surface area contributed by atoms with Gasteiger partial charge in [0.15, 0.2) is 5.82 Å². The van der Waals surface area contributed by atoms with E-state index < -0.39 is 0 Å². The Morgan fingerprint density at radius 2 is 2.12 bits per heavy atom. The average molecular weight is 441 g/mol. The highest BCUT2D eigenvalue weighted by molar-refractivity contribution is 5.93. The van der Waals surface area contributed by atoms with Gasteiger partial charge in [-0.05, 0) is 49.6 Å². The van der Waals surface area contributed by atoms with E-state index in [4.69, 9.17) is 10.00 Å². The molecule has 2 fully saturated rings. The number of aromatic nitrogens is 3. The molecule has 166 valence electrons. The zero-order valence-electron chi connectivity index (χ0n) is 18.1. The number of hydrogen-bond donors (Lipinski definition) is 1. The van der Waals surface area contributed by atoms with Crippen LogP contribution in [-0.2, 0) is 4.79 Å². The average Bonchev–Trinajstić information content (AvgIpc) is 3.47. The second-order valence-electron chi connectivity index (χ2n) is 8.61. The van der Waals surface area contributed by atoms with Crippen LogP contribution in [0.4, 0.5) is 5.82 Å². The van der Waals surface area contributed by atoms with Gasteiger partial charge < -0.3 is 10.1 Å². The van der Waals surface area contributed by atoms with Crippen molar-refractivity contribution in [3.05, 3.63) is 42.4 Å². The van der Waals surface area contributed by atoms with E-state index in [2.05, 4.69) is 32.4 Å². The van der Waals surface area contributed by atoms with Gasteiger partial charge in [0.1, 0.15) is 17.5 Å². The van der Waals surface area contributed by atoms with E-state index in [1.165, 1.54) is 0 Å². The first-order valence-corrected chi connectivity index (χ1v) is 11.1. The van der Waals surface area contributed by atoms with E-state index in [0.717, 1.165) is 49.0 Å². The molecule has 0 radical (unpaired) electrons. The Bertz CT molecular complexity index is 1280. The van der Waals surface area contributed by atoms with Crippen molar-refractivity contribution < 1.29 is 9.53 Å². The summed E-state index contributed by atoms with van der Waals surface area (Å²) in [6.07, 6.45) is 6.28. The number of nitriles is 2. The first-order chi connectivity index (χ1) is 16.1. The largest absolute Gasteiger partial charge is 0.491 e. The van der Waals surface area contributed by atoms with Crippen molar-refractivity contribution in [2.45, 2.75) is 19.3 Å². The number of amides is 1. The lowest BCUT2D eigenvalue weighted by molar-refractivity contribution is -0.117. The summed E-state index contributed by atoms with van der Waals surface area (Å²) in [6, 6.07) is 11.7. The lowest BCUT2D eigenvalue weighted by atomic mass is 10.1. The Morgan fingerprint density at radius 3 is 2.91 bits per heavy atom. The summed E-state index contributed by atoms with van der Waals surface area (Å²) < 4.78 is 7.85. The molecule has 1 N–H and O–H groups in total. The van der Waals surface area contributed by atoms with Crippen LogP contribution in [0.25, 0.3) is 16.6 Å². The number of carbonyl (C=O) groups is 1. The summed E-state index contributed by atoms with van der Waals surface area (Å²) in [6.45, 7) is 2.70. The molecule has 1 aliphatic carbocycles. The van der Waals surface area contributed by atoms with Crippen LogP contribution in [0, 0.1) is 34.5 Å². The molecule has 0 unspecified atom stereocenters. The Hall–Kier alpha value is -3.95. The molecule has 1 saturated heterocycles. The molecule has 3 aromatic heterocycles. The van der Waals surface area contributed by atoms with Gasteiger partial charge in [-0.3, -0.25) is 9.69 Å². The van der Waals surface area contributed by atoms with E-state index in [9.17, 15) is 10.1 Å². The summed E-state index contributed by atoms with van der Waals surface area (Å²) >= 11 is 0. The third kappa shape index (κ3) is 4.64. The fraction of sp³-hybridized carbons (Fsp3) is 0.375. The number of nitrogens with one attached hydrogen (secondary N) is 1. The molecule has 33 heavy (non-hydrogen) atoms. The summed E-state index contributed by atoms with van der Waals surface area (Å²) in [5.41, 5.74) is 2.78. The molecule has 4 heterocycles. The second-order valence-corrected chi connectivity index (χ2v) is 8.61. The number of carbonyl (C=O) groups excluding carboxylic acids is 1. The lowest BCUT2D eigenvalue weighted by Gasteiger charge is -2.15. The molecule has 9 nitrogen and oxygen atoms in total. The van der Waals surface area contributed by atoms with Crippen molar-refractivity contribution in [2.24, 2.45) is 11.8 Å². The number of pyridine rings is 2. The minimum absolute atomic E-state index is 0.0161. The van der Waals surface area contributed by atoms with Crippen LogP contribution in [0.3, 0.4) is 0 Å². The molecule has 1 saturated carbocycles. The van der Waals surface area contributed by atoms with Crippen molar-refractivity contribution in [1.29, 1.82) is 10.5 Å². The predicted molar refractivity (Wildman–Crippen MR) is 120 cm³/mol. The van der Waals surface area contributed by atoms with Gasteiger partial charge in [-0.25, -0.2) is 9.50 Å². The van der Waals surface area contributed by atoms with Crippen molar-refractivity contribution in [1.82, 2.24) is 19.5 Å². The van der Waals surface area contributed by atoms with E-state index in [-0.39, 0.29) is 11.8 Å². The molecule has 9 heteroatoms. The lowest BCUT2D eigenvalue weighted by Crippen LogP contribution is -2.22. The molecule has 2 aliphatic rings. The van der Waals surface area contributed by atoms with Crippen LogP contribution in [0.1, 0.15) is 25.0 Å². The summed E-state index contributed by atoms with van der Waals surface area (Å²) in [4.78, 5) is 18.4. The van der Waals surface area contributed by atoms with Crippen LogP contribution in [0.15, 0.2) is 36.7 Å². The van der Waals surface area contributed by atoms with Crippen LogP contribution in [0.5, 0.6) is 5.75 Å². The highest BCUT2D eigenvalue weighted by atomic mass is 16.5. The molecular formula is C24H23N7O2. The van der Waals surface area contributed by atoms with Gasteiger partial charge in [0.25, 0.3) is 0 Å². The minimum atomic E-state index is 0.0161. The van der Waals surface area contributed by atoms with Crippen LogP contribution in [-0.4, -0.2) is 51.6 Å². The number of likely N-dealkylation sites (tertiary alicyclic amines) is 1. The van der Waals surface area contributed by atoms with Crippen LogP contribution < -0.4 is 10.1 Å². The van der Waals surface area contributed by atoms with Crippen molar-refractivity contribution in [2.75, 3.05) is 31.6 Å². The first kappa shape index (κ1) is 20.9. The molecule has 1 amide bonds. The number of anilines is 1. The Kier molecular flexibility index (Phi) is 5.64. The highest BCUT2D eigenvalue weighted by Gasteiger charge is 2.30. The Morgan fingerprint density at radius 1 is 1.24 bits per heavy atom. The molecule has 0 spiro atoms. The number of hydrogen-bond acceptors (Lipinski definition) is 7. The zero-order chi connectivity index (χ0) is 22.8. The summed E-state index contributed by atoms with van der Waals surface area (Å²) in [7, 11) is 0. The number of rotatable bonds is 7. The fourth-order valence-corrected chi connectivity index (χ4v) is 4.14. The van der Waals surface area contributed by atoms with Crippen molar-refractivity contribution in [3.63, 3.8) is 0 Å². The predicted octanol–water partition coefficient (Wildman–Crippen LogP) is 2.84. The van der Waals surface area contributed by atoms with E-state index in [1.807, 2.05) is 24.4 Å². The smallest absolute Gasteiger partial charge is 0.228 e. The molecule has 1 aliphatic heterocycles. The quantitative estimate of drug-likeness (QED) is 0.560. The van der Waals surface area contributed by atoms with Gasteiger partial charge >= 0.3 is 0 Å². The third-order valence-electron chi connectivity index (χ3n) is 6.09. The van der Waals surface area contributed by atoms with Crippen LogP contribution >= 0.6 is 0 Å². The fourth-order valence-electron chi connectivity index (χ4n) is 4.14. The number of nitrogens with zero attached hydrogens (tertiary/aromatic N) is 6. The second kappa shape index (κ2) is 8.89. The molecule has 0 aromatic carbocycles. The standard InChI is InChI=1S/C24H23N7O2/c25-5-8-30-6-3-16(14-30)15-33-22-13-27-19(12-26)10-21(22)18-4-7-31-20(9-18)11-23(29-31)28-24(32)17-1-2-17/h4,7,9-11,13,16-17H,1-3,6,8,14-15H2,(H,28,29,32)/t16-/m1/s1. The maximum atomic E-state index is 12.1. The molecule has 3 aromatic rings. The van der Waals surface area contributed by atoms with Gasteiger partial charge in [-0.1, -0.05) is 0 Å². The molecule has 5 rings (SSSR count). The number of ether oxygens (including phenoxy) is 1. The first-order valence-electron chi connectivity index (χ1n) is 11.1. The Balaban J connectivity index is 1.37. The van der Waals surface area contributed by atoms with Crippen LogP contribution in [0.2, 0.25) is 0 Å². The van der Waals surface area contributed by atoms with Crippen molar-refractivity contribution in [3.8, 4) is 29.0 Å². The molecule has 0 bridgehead atoms. The summed E-state index contributed by atoms with van der Waals surface area (Å²) in [5, 5.41) is 25.5. The van der Waals surface area contributed by atoms with Gasteiger partial charge in [0.2, 0.25) is 5.91 Å². The maximum absolute atomic E-state index is 12.1. The van der Waals surface area contributed by atoms with Gasteiger partial charge in [0.05, 0.1) is 30.9 Å². The number of fused-ring (bicyclic) bond motifs is 1. The highest BCUT2D eigenvalue weighted by Crippen LogP contribution is 2.33. The molecule has 1 atom stereocenters. The minimum Gasteiger partial charge on any atom is -0.491 e. The van der Waals surface area contributed by atoms with E-state index >= 15 is 0 Å². The summed E-state index contributed by atoms with van der Waals surface area (Å²) in [5.74, 6) is 1.60. The third-order valence-corrected chi connectivity index (χ3v) is 6.09. The van der Waals surface area contributed by atoms with Gasteiger partial charge in [0, 0.05) is 36.2 Å². The zero-order valence-corrected chi connectivity index (χ0v) is 18.1. The molecular weight excluding hydrogens is 418 g/mol. The van der Waals surface area contributed by atoms with Gasteiger partial charge in [-0.15, -0.1) is 0 Å². The van der Waals surface area contributed by atoms with E-state index in [0.29, 0.717) is 36.3 Å². The van der Waals surface area contributed by atoms with Crippen molar-refractivity contribution >= 4 is 17.2 Å². The van der Waals surface area contributed by atoms with Gasteiger partial charge in [-0.2, -0.15) is 15.6 Å². The van der Waals surface area contributed by atoms with E-state index in [1.54, 1.807) is 16.8 Å². The normalized spacial score (nSPS) is 18.1. The maximum Gasteiger partial charge on any atom is 0.228 e. The SMILES string of the molecule is N#CCN1CC[C@@H](COc2cnc(C#N)cc2-c2ccn3nc(NC(=O)C4CC4)cc3c2)C1. The monoisotopic (exact) mass is 441 g/mol.